The van der Waals surface area contributed by atoms with E-state index >= 15 is 0 Å². The zero-order chi connectivity index (χ0) is 15.1. The molecular weight excluding hydrogens is 267 g/mol. The van der Waals surface area contributed by atoms with Crippen molar-refractivity contribution in [1.29, 1.82) is 0 Å². The summed E-state index contributed by atoms with van der Waals surface area (Å²) in [7, 11) is 0. The van der Waals surface area contributed by atoms with Crippen LogP contribution in [0.4, 0.5) is 15.8 Å². The van der Waals surface area contributed by atoms with Crippen LogP contribution in [0, 0.1) is 5.82 Å². The second-order valence-corrected chi connectivity index (χ2v) is 4.74. The highest BCUT2D eigenvalue weighted by Gasteiger charge is 2.04. The largest absolute Gasteiger partial charge is 0.384 e. The lowest BCUT2D eigenvalue weighted by molar-refractivity contribution is -0.115. The lowest BCUT2D eigenvalue weighted by Crippen LogP contribution is -2.16. The van der Waals surface area contributed by atoms with Crippen LogP contribution in [0.15, 0.2) is 48.5 Å². The minimum atomic E-state index is -0.314. The first-order valence-corrected chi connectivity index (χ1v) is 7.06. The fourth-order valence-electron chi connectivity index (χ4n) is 2.07. The molecule has 2 N–H and O–H groups in total. The van der Waals surface area contributed by atoms with Gasteiger partial charge in [-0.25, -0.2) is 4.39 Å². The molecule has 0 bridgehead atoms. The van der Waals surface area contributed by atoms with Gasteiger partial charge in [-0.1, -0.05) is 25.1 Å². The van der Waals surface area contributed by atoms with E-state index in [1.165, 1.54) is 17.7 Å². The minimum absolute atomic E-state index is 0.0944. The van der Waals surface area contributed by atoms with Crippen molar-refractivity contribution in [3.8, 4) is 0 Å². The van der Waals surface area contributed by atoms with Crippen LogP contribution >= 0.6 is 0 Å². The van der Waals surface area contributed by atoms with Gasteiger partial charge < -0.3 is 10.6 Å². The van der Waals surface area contributed by atoms with Gasteiger partial charge in [-0.15, -0.1) is 0 Å². The average molecular weight is 286 g/mol. The van der Waals surface area contributed by atoms with Gasteiger partial charge in [0.15, 0.2) is 0 Å². The van der Waals surface area contributed by atoms with Crippen LogP contribution in [0.3, 0.4) is 0 Å². The molecule has 0 saturated carbocycles. The quantitative estimate of drug-likeness (QED) is 0.847. The van der Waals surface area contributed by atoms with Crippen molar-refractivity contribution in [3.63, 3.8) is 0 Å². The number of hydrogen-bond acceptors (Lipinski definition) is 2. The van der Waals surface area contributed by atoms with Crippen molar-refractivity contribution in [2.24, 2.45) is 0 Å². The predicted octanol–water partition coefficient (Wildman–Crippen LogP) is 3.83. The van der Waals surface area contributed by atoms with E-state index in [0.717, 1.165) is 12.1 Å². The molecule has 1 amide bonds. The Morgan fingerprint density at radius 1 is 1.10 bits per heavy atom. The highest BCUT2D eigenvalue weighted by atomic mass is 19.1. The number of amides is 1. The van der Waals surface area contributed by atoms with E-state index in [1.54, 1.807) is 12.1 Å². The Kier molecular flexibility index (Phi) is 5.32. The lowest BCUT2D eigenvalue weighted by atomic mass is 10.1. The Morgan fingerprint density at radius 3 is 2.52 bits per heavy atom. The van der Waals surface area contributed by atoms with Crippen LogP contribution < -0.4 is 10.6 Å². The number of para-hydroxylation sites is 1. The Hall–Kier alpha value is -2.36. The summed E-state index contributed by atoms with van der Waals surface area (Å²) in [4.78, 5) is 11.8. The van der Waals surface area contributed by atoms with Crippen molar-refractivity contribution >= 4 is 17.3 Å². The molecule has 3 nitrogen and oxygen atoms in total. The standard InChI is InChI=1S/C17H19FN2O/c1-2-13-5-3-4-6-16(13)19-12-11-17(21)20-15-9-7-14(18)8-10-15/h3-10,19H,2,11-12H2,1H3,(H,20,21). The smallest absolute Gasteiger partial charge is 0.226 e. The highest BCUT2D eigenvalue weighted by Crippen LogP contribution is 2.15. The van der Waals surface area contributed by atoms with Gasteiger partial charge in [0.1, 0.15) is 5.82 Å². The van der Waals surface area contributed by atoms with E-state index in [-0.39, 0.29) is 11.7 Å². The van der Waals surface area contributed by atoms with E-state index in [0.29, 0.717) is 18.7 Å². The number of carbonyl (C=O) groups is 1. The van der Waals surface area contributed by atoms with Crippen molar-refractivity contribution in [2.45, 2.75) is 19.8 Å². The third-order valence-electron chi connectivity index (χ3n) is 3.19. The van der Waals surface area contributed by atoms with Gasteiger partial charge in [0.05, 0.1) is 0 Å². The number of nitrogens with one attached hydrogen (secondary N) is 2. The van der Waals surface area contributed by atoms with Crippen LogP contribution in [0.25, 0.3) is 0 Å². The predicted molar refractivity (Wildman–Crippen MR) is 84.0 cm³/mol. The van der Waals surface area contributed by atoms with E-state index in [1.807, 2.05) is 18.2 Å². The van der Waals surface area contributed by atoms with E-state index < -0.39 is 0 Å². The van der Waals surface area contributed by atoms with Gasteiger partial charge in [-0.3, -0.25) is 4.79 Å². The first kappa shape index (κ1) is 15.0. The van der Waals surface area contributed by atoms with Crippen LogP contribution in [0.2, 0.25) is 0 Å². The molecule has 21 heavy (non-hydrogen) atoms. The summed E-state index contributed by atoms with van der Waals surface area (Å²) in [6.45, 7) is 2.66. The maximum absolute atomic E-state index is 12.8. The van der Waals surface area contributed by atoms with Crippen molar-refractivity contribution < 1.29 is 9.18 Å². The molecule has 0 spiro atoms. The Balaban J connectivity index is 1.80. The first-order valence-electron chi connectivity index (χ1n) is 7.06. The van der Waals surface area contributed by atoms with Gasteiger partial charge in [0.2, 0.25) is 5.91 Å². The molecule has 2 aromatic carbocycles. The maximum atomic E-state index is 12.8. The average Bonchev–Trinajstić information content (AvgIpc) is 2.50. The van der Waals surface area contributed by atoms with E-state index in [9.17, 15) is 9.18 Å². The number of rotatable bonds is 6. The van der Waals surface area contributed by atoms with E-state index in [4.69, 9.17) is 0 Å². The molecule has 0 aliphatic carbocycles. The zero-order valence-electron chi connectivity index (χ0n) is 12.0. The Bertz CT molecular complexity index is 596. The highest BCUT2D eigenvalue weighted by molar-refractivity contribution is 5.90. The monoisotopic (exact) mass is 286 g/mol. The number of carbonyl (C=O) groups excluding carboxylic acids is 1. The molecule has 0 radical (unpaired) electrons. The summed E-state index contributed by atoms with van der Waals surface area (Å²) in [5.74, 6) is -0.408. The molecule has 0 atom stereocenters. The fraction of sp³-hybridized carbons (Fsp3) is 0.235. The number of benzene rings is 2. The molecule has 0 heterocycles. The van der Waals surface area contributed by atoms with Gasteiger partial charge in [0.25, 0.3) is 0 Å². The summed E-state index contributed by atoms with van der Waals surface area (Å²) >= 11 is 0. The number of aryl methyl sites for hydroxylation is 1. The van der Waals surface area contributed by atoms with Gasteiger partial charge in [0, 0.05) is 24.3 Å². The molecule has 2 aromatic rings. The third kappa shape index (κ3) is 4.60. The molecule has 0 aliphatic heterocycles. The molecule has 0 saturated heterocycles. The fourth-order valence-corrected chi connectivity index (χ4v) is 2.07. The van der Waals surface area contributed by atoms with Crippen molar-refractivity contribution in [3.05, 3.63) is 59.9 Å². The second kappa shape index (κ2) is 7.43. The molecule has 0 aromatic heterocycles. The summed E-state index contributed by atoms with van der Waals surface area (Å²) in [6, 6.07) is 13.8. The van der Waals surface area contributed by atoms with Crippen LogP contribution in [-0.2, 0) is 11.2 Å². The third-order valence-corrected chi connectivity index (χ3v) is 3.19. The maximum Gasteiger partial charge on any atom is 0.226 e. The molecule has 0 unspecified atom stereocenters. The van der Waals surface area contributed by atoms with Crippen molar-refractivity contribution in [1.82, 2.24) is 0 Å². The SMILES string of the molecule is CCc1ccccc1NCCC(=O)Nc1ccc(F)cc1. The van der Waals surface area contributed by atoms with Crippen LogP contribution in [0.1, 0.15) is 18.9 Å². The molecule has 0 fully saturated rings. The van der Waals surface area contributed by atoms with E-state index in [2.05, 4.69) is 23.6 Å². The second-order valence-electron chi connectivity index (χ2n) is 4.74. The zero-order valence-corrected chi connectivity index (χ0v) is 12.0. The topological polar surface area (TPSA) is 41.1 Å². The van der Waals surface area contributed by atoms with Crippen LogP contribution in [0.5, 0.6) is 0 Å². The minimum Gasteiger partial charge on any atom is -0.384 e. The molecule has 0 aliphatic rings. The molecule has 4 heteroatoms. The number of anilines is 2. The Labute approximate surface area is 124 Å². The summed E-state index contributed by atoms with van der Waals surface area (Å²) in [6.07, 6.45) is 1.31. The summed E-state index contributed by atoms with van der Waals surface area (Å²) in [5.41, 5.74) is 2.90. The van der Waals surface area contributed by atoms with Crippen LogP contribution in [-0.4, -0.2) is 12.5 Å². The number of halogens is 1. The normalized spacial score (nSPS) is 10.2. The van der Waals surface area contributed by atoms with Crippen molar-refractivity contribution in [2.75, 3.05) is 17.2 Å². The first-order chi connectivity index (χ1) is 10.2. The Morgan fingerprint density at radius 2 is 1.81 bits per heavy atom. The van der Waals surface area contributed by atoms with Gasteiger partial charge in [-0.2, -0.15) is 0 Å². The van der Waals surface area contributed by atoms with Gasteiger partial charge >= 0.3 is 0 Å². The molecule has 110 valence electrons. The lowest BCUT2D eigenvalue weighted by Gasteiger charge is -2.11. The van der Waals surface area contributed by atoms with Gasteiger partial charge in [-0.05, 0) is 42.3 Å². The molecular formula is C17H19FN2O. The number of hydrogen-bond donors (Lipinski definition) is 2. The summed E-state index contributed by atoms with van der Waals surface area (Å²) < 4.78 is 12.8. The summed E-state index contributed by atoms with van der Waals surface area (Å²) in [5, 5.41) is 6.01. The molecule has 2 rings (SSSR count).